The fourth-order valence-corrected chi connectivity index (χ4v) is 2.09. The van der Waals surface area contributed by atoms with E-state index in [1.807, 2.05) is 0 Å². The molecule has 0 aromatic heterocycles. The Balaban J connectivity index is 2.70. The molecule has 0 nitrogen and oxygen atoms in total. The third-order valence-electron chi connectivity index (χ3n) is 3.30. The second-order valence-corrected chi connectivity index (χ2v) is 5.72. The van der Waals surface area contributed by atoms with Crippen LogP contribution in [0.15, 0.2) is 0 Å². The van der Waals surface area contributed by atoms with Gasteiger partial charge in [-0.25, -0.2) is 0 Å². The van der Waals surface area contributed by atoms with Crippen molar-refractivity contribution < 1.29 is 0 Å². The molecule has 0 amide bonds. The number of rotatable bonds is 1. The molecular weight excluding hydrogens is 168 g/mol. The van der Waals surface area contributed by atoms with E-state index in [1.165, 1.54) is 30.1 Å². The lowest BCUT2D eigenvalue weighted by Gasteiger charge is -2.28. The van der Waals surface area contributed by atoms with Crippen molar-refractivity contribution in [2.75, 3.05) is 0 Å². The minimum absolute atomic E-state index is 0.392. The van der Waals surface area contributed by atoms with E-state index in [2.05, 4.69) is 48.5 Å². The summed E-state index contributed by atoms with van der Waals surface area (Å²) in [5.41, 5.74) is 0.392. The smallest absolute Gasteiger partial charge is 0.00944 e. The zero-order chi connectivity index (χ0) is 11.1. The van der Waals surface area contributed by atoms with Gasteiger partial charge < -0.3 is 0 Å². The van der Waals surface area contributed by atoms with Crippen LogP contribution in [0.2, 0.25) is 0 Å². The van der Waals surface area contributed by atoms with Crippen LogP contribution in [-0.2, 0) is 0 Å². The van der Waals surface area contributed by atoms with Crippen LogP contribution < -0.4 is 0 Å². The van der Waals surface area contributed by atoms with Gasteiger partial charge in [0.2, 0.25) is 0 Å². The lowest BCUT2D eigenvalue weighted by Crippen LogP contribution is -2.16. The van der Waals surface area contributed by atoms with E-state index in [4.69, 9.17) is 0 Å². The van der Waals surface area contributed by atoms with Gasteiger partial charge in [0.25, 0.3) is 0 Å². The van der Waals surface area contributed by atoms with Crippen molar-refractivity contribution in [3.63, 3.8) is 0 Å². The molecule has 0 saturated heterocycles. The van der Waals surface area contributed by atoms with Gasteiger partial charge in [-0.05, 0) is 41.4 Å². The molecule has 5 radical (unpaired) electrons. The number of hydrogen-bond donors (Lipinski definition) is 0. The Bertz CT molecular complexity index is 173. The highest BCUT2D eigenvalue weighted by molar-refractivity contribution is 5.59. The van der Waals surface area contributed by atoms with Crippen LogP contribution in [0, 0.1) is 35.0 Å². The van der Waals surface area contributed by atoms with Crippen molar-refractivity contribution in [2.45, 2.75) is 54.9 Å². The summed E-state index contributed by atoms with van der Waals surface area (Å²) < 4.78 is 0. The Hall–Kier alpha value is 0. The third-order valence-corrected chi connectivity index (χ3v) is 3.30. The van der Waals surface area contributed by atoms with Gasteiger partial charge in [-0.15, -0.1) is 0 Å². The monoisotopic (exact) mass is 191 g/mol. The summed E-state index contributed by atoms with van der Waals surface area (Å²) in [6, 6.07) is 0. The van der Waals surface area contributed by atoms with Crippen molar-refractivity contribution in [3.8, 4) is 0 Å². The Morgan fingerprint density at radius 2 is 1.07 bits per heavy atom. The SMILES string of the molecule is C[C]1[C](C)[C](C)[C](CC(C)(C)C)[C]1C. The molecule has 0 bridgehead atoms. The van der Waals surface area contributed by atoms with Crippen molar-refractivity contribution in [2.24, 2.45) is 5.41 Å². The molecule has 1 rings (SSSR count). The van der Waals surface area contributed by atoms with Crippen LogP contribution in [0.25, 0.3) is 0 Å². The van der Waals surface area contributed by atoms with E-state index in [1.54, 1.807) is 5.92 Å². The maximum atomic E-state index is 2.31. The van der Waals surface area contributed by atoms with E-state index in [0.29, 0.717) is 5.41 Å². The van der Waals surface area contributed by atoms with Crippen LogP contribution in [0.3, 0.4) is 0 Å². The van der Waals surface area contributed by atoms with Crippen molar-refractivity contribution in [1.29, 1.82) is 0 Å². The quantitative estimate of drug-likeness (QED) is 0.576. The zero-order valence-electron chi connectivity index (χ0n) is 10.7. The van der Waals surface area contributed by atoms with E-state index in [9.17, 15) is 0 Å². The van der Waals surface area contributed by atoms with E-state index >= 15 is 0 Å². The molecule has 0 unspecified atom stereocenters. The Labute approximate surface area is 90.5 Å². The van der Waals surface area contributed by atoms with Gasteiger partial charge in [-0.1, -0.05) is 48.5 Å². The molecule has 0 heterocycles. The highest BCUT2D eigenvalue weighted by Crippen LogP contribution is 2.55. The van der Waals surface area contributed by atoms with Gasteiger partial charge in [-0.3, -0.25) is 0 Å². The molecule has 1 fully saturated rings. The van der Waals surface area contributed by atoms with Crippen LogP contribution >= 0.6 is 0 Å². The summed E-state index contributed by atoms with van der Waals surface area (Å²) in [7, 11) is 0. The third kappa shape index (κ3) is 2.32. The molecule has 1 saturated carbocycles. The van der Waals surface area contributed by atoms with E-state index in [-0.39, 0.29) is 0 Å². The summed E-state index contributed by atoms with van der Waals surface area (Å²) in [6.07, 6.45) is 1.19. The largest absolute Gasteiger partial charge is 0.0602 e. The van der Waals surface area contributed by atoms with Crippen LogP contribution in [0.1, 0.15) is 54.9 Å². The van der Waals surface area contributed by atoms with Gasteiger partial charge in [0.15, 0.2) is 0 Å². The number of hydrogen-bond acceptors (Lipinski definition) is 0. The van der Waals surface area contributed by atoms with Crippen LogP contribution in [0.4, 0.5) is 0 Å². The molecule has 14 heavy (non-hydrogen) atoms. The molecule has 0 spiro atoms. The first kappa shape index (κ1) is 12.1. The Morgan fingerprint density at radius 1 is 0.714 bits per heavy atom. The van der Waals surface area contributed by atoms with Gasteiger partial charge >= 0.3 is 0 Å². The Kier molecular flexibility index (Phi) is 3.33. The van der Waals surface area contributed by atoms with Crippen molar-refractivity contribution in [1.82, 2.24) is 0 Å². The molecule has 0 aromatic carbocycles. The average molecular weight is 191 g/mol. The van der Waals surface area contributed by atoms with Crippen molar-refractivity contribution in [3.05, 3.63) is 29.6 Å². The molecule has 0 aromatic rings. The first-order chi connectivity index (χ1) is 6.24. The molecule has 0 N–H and O–H groups in total. The Morgan fingerprint density at radius 3 is 1.36 bits per heavy atom. The lowest BCUT2D eigenvalue weighted by molar-refractivity contribution is 0.388. The summed E-state index contributed by atoms with van der Waals surface area (Å²) in [5, 5.41) is 0. The zero-order valence-corrected chi connectivity index (χ0v) is 10.7. The molecule has 1 aliphatic carbocycles. The molecular formula is C14H23. The molecule has 0 atom stereocenters. The normalized spacial score (nSPS) is 25.1. The minimum atomic E-state index is 0.392. The molecule has 79 valence electrons. The second-order valence-electron chi connectivity index (χ2n) is 5.72. The van der Waals surface area contributed by atoms with Gasteiger partial charge in [0.1, 0.15) is 0 Å². The summed E-state index contributed by atoms with van der Waals surface area (Å²) in [6.45, 7) is 15.9. The summed E-state index contributed by atoms with van der Waals surface area (Å²) >= 11 is 0. The van der Waals surface area contributed by atoms with E-state index < -0.39 is 0 Å². The lowest BCUT2D eigenvalue weighted by atomic mass is 9.76. The van der Waals surface area contributed by atoms with Crippen molar-refractivity contribution >= 4 is 0 Å². The summed E-state index contributed by atoms with van der Waals surface area (Å²) in [5.74, 6) is 7.57. The fraction of sp³-hybridized carbons (Fsp3) is 0.643. The predicted molar refractivity (Wildman–Crippen MR) is 63.0 cm³/mol. The predicted octanol–water partition coefficient (Wildman–Crippen LogP) is 4.39. The highest BCUT2D eigenvalue weighted by Gasteiger charge is 2.44. The van der Waals surface area contributed by atoms with Gasteiger partial charge in [0, 0.05) is 0 Å². The maximum absolute atomic E-state index is 2.31. The topological polar surface area (TPSA) is 0 Å². The first-order valence-corrected chi connectivity index (χ1v) is 5.46. The fourth-order valence-electron chi connectivity index (χ4n) is 2.09. The highest BCUT2D eigenvalue weighted by atomic mass is 14.5. The van der Waals surface area contributed by atoms with E-state index in [0.717, 1.165) is 0 Å². The molecule has 1 aliphatic rings. The summed E-state index contributed by atoms with van der Waals surface area (Å²) in [4.78, 5) is 0. The maximum Gasteiger partial charge on any atom is -0.00944 e. The molecule has 0 heteroatoms. The van der Waals surface area contributed by atoms with Crippen LogP contribution in [-0.4, -0.2) is 0 Å². The minimum Gasteiger partial charge on any atom is -0.0602 e. The van der Waals surface area contributed by atoms with Gasteiger partial charge in [-0.2, -0.15) is 0 Å². The average Bonchev–Trinajstić information content (AvgIpc) is 2.20. The standard InChI is InChI=1S/C14H23/c1-9-10(2)12(4)13(11(9)3)8-14(5,6)7/h8H2,1-7H3. The molecule has 0 aliphatic heterocycles. The van der Waals surface area contributed by atoms with Crippen LogP contribution in [0.5, 0.6) is 0 Å². The first-order valence-electron chi connectivity index (χ1n) is 5.46. The second kappa shape index (κ2) is 3.87. The van der Waals surface area contributed by atoms with Gasteiger partial charge in [0.05, 0.1) is 0 Å².